The summed E-state index contributed by atoms with van der Waals surface area (Å²) in [6.07, 6.45) is 0.953. The molecule has 2 aromatic rings. The standard InChI is InChI=1S/C28H38FN3O4/c1-6-9-27(33)30-22-12-13-23-25(14-22)36-18-20(3)32(16-21-10-7-8-11-24(21)29)15-19(2)26(35-5)17-31(4)28(23)34/h7-8,10-14,19-20,26H,6,9,15-18H2,1-5H3,(H,30,33)/t19-,20-,26+/m1/s1. The van der Waals surface area contributed by atoms with E-state index < -0.39 is 0 Å². The fourth-order valence-corrected chi connectivity index (χ4v) is 4.44. The lowest BCUT2D eigenvalue weighted by Gasteiger charge is -2.36. The smallest absolute Gasteiger partial charge is 0.257 e. The van der Waals surface area contributed by atoms with Crippen LogP contribution in [0.2, 0.25) is 0 Å². The van der Waals surface area contributed by atoms with Crippen LogP contribution in [0.1, 0.15) is 49.5 Å². The van der Waals surface area contributed by atoms with Crippen molar-refractivity contribution in [3.63, 3.8) is 0 Å². The third-order valence-corrected chi connectivity index (χ3v) is 6.67. The molecule has 1 aliphatic rings. The zero-order valence-corrected chi connectivity index (χ0v) is 21.9. The lowest BCUT2D eigenvalue weighted by atomic mass is 10.0. The number of halogens is 1. The number of ether oxygens (including phenoxy) is 2. The molecule has 1 heterocycles. The van der Waals surface area contributed by atoms with Gasteiger partial charge in [0.1, 0.15) is 18.2 Å². The highest BCUT2D eigenvalue weighted by molar-refractivity contribution is 5.98. The number of benzene rings is 2. The van der Waals surface area contributed by atoms with Gasteiger partial charge >= 0.3 is 0 Å². The molecular weight excluding hydrogens is 461 g/mol. The van der Waals surface area contributed by atoms with Gasteiger partial charge in [-0.05, 0) is 37.5 Å². The second-order valence-electron chi connectivity index (χ2n) is 9.63. The Morgan fingerprint density at radius 2 is 1.94 bits per heavy atom. The average molecular weight is 500 g/mol. The monoisotopic (exact) mass is 499 g/mol. The van der Waals surface area contributed by atoms with E-state index in [-0.39, 0.29) is 42.3 Å². The Bertz CT molecular complexity index is 1050. The topological polar surface area (TPSA) is 71.1 Å². The van der Waals surface area contributed by atoms with Gasteiger partial charge in [0.15, 0.2) is 0 Å². The van der Waals surface area contributed by atoms with E-state index in [2.05, 4.69) is 17.1 Å². The molecule has 0 saturated carbocycles. The number of hydrogen-bond donors (Lipinski definition) is 1. The van der Waals surface area contributed by atoms with Crippen LogP contribution in [-0.4, -0.2) is 67.6 Å². The number of anilines is 1. The number of amides is 2. The molecule has 0 bridgehead atoms. The van der Waals surface area contributed by atoms with Crippen LogP contribution in [0.3, 0.4) is 0 Å². The van der Waals surface area contributed by atoms with Gasteiger partial charge in [0.05, 0.1) is 11.7 Å². The molecule has 0 spiro atoms. The predicted octanol–water partition coefficient (Wildman–Crippen LogP) is 4.57. The van der Waals surface area contributed by atoms with Crippen molar-refractivity contribution in [1.82, 2.24) is 9.80 Å². The third kappa shape index (κ3) is 7.04. The van der Waals surface area contributed by atoms with E-state index in [0.29, 0.717) is 48.6 Å². The average Bonchev–Trinajstić information content (AvgIpc) is 2.85. The van der Waals surface area contributed by atoms with Crippen LogP contribution >= 0.6 is 0 Å². The first-order valence-electron chi connectivity index (χ1n) is 12.6. The van der Waals surface area contributed by atoms with Crippen LogP contribution in [0.25, 0.3) is 0 Å². The molecule has 196 valence electrons. The van der Waals surface area contributed by atoms with Gasteiger partial charge < -0.3 is 19.7 Å². The van der Waals surface area contributed by atoms with E-state index in [1.54, 1.807) is 49.4 Å². The maximum absolute atomic E-state index is 14.5. The molecular formula is C28H38FN3O4. The molecule has 0 unspecified atom stereocenters. The normalized spacial score (nSPS) is 21.7. The van der Waals surface area contributed by atoms with Gasteiger partial charge in [-0.3, -0.25) is 14.5 Å². The van der Waals surface area contributed by atoms with Crippen molar-refractivity contribution in [3.8, 4) is 5.75 Å². The largest absolute Gasteiger partial charge is 0.491 e. The molecule has 1 N–H and O–H groups in total. The molecule has 8 heteroatoms. The number of methoxy groups -OCH3 is 1. The first-order chi connectivity index (χ1) is 17.2. The predicted molar refractivity (Wildman–Crippen MR) is 139 cm³/mol. The highest BCUT2D eigenvalue weighted by Crippen LogP contribution is 2.27. The van der Waals surface area contributed by atoms with Crippen molar-refractivity contribution in [2.45, 2.75) is 52.3 Å². The number of fused-ring (bicyclic) bond motifs is 1. The molecule has 2 aromatic carbocycles. The van der Waals surface area contributed by atoms with Crippen molar-refractivity contribution >= 4 is 17.5 Å². The summed E-state index contributed by atoms with van der Waals surface area (Å²) < 4.78 is 26.5. The molecule has 36 heavy (non-hydrogen) atoms. The van der Waals surface area contributed by atoms with Crippen LogP contribution in [0.4, 0.5) is 10.1 Å². The number of nitrogens with one attached hydrogen (secondary N) is 1. The van der Waals surface area contributed by atoms with Gasteiger partial charge in [-0.15, -0.1) is 0 Å². The summed E-state index contributed by atoms with van der Waals surface area (Å²) in [6.45, 7) is 7.80. The van der Waals surface area contributed by atoms with Gasteiger partial charge in [0, 0.05) is 63.6 Å². The molecule has 0 saturated heterocycles. The first-order valence-corrected chi connectivity index (χ1v) is 12.6. The summed E-state index contributed by atoms with van der Waals surface area (Å²) in [7, 11) is 3.39. The Morgan fingerprint density at radius 3 is 2.64 bits per heavy atom. The summed E-state index contributed by atoms with van der Waals surface area (Å²) in [5.74, 6) is -0.0238. The summed E-state index contributed by atoms with van der Waals surface area (Å²) in [5, 5.41) is 2.87. The van der Waals surface area contributed by atoms with Gasteiger partial charge in [-0.2, -0.15) is 0 Å². The Labute approximate surface area is 213 Å². The van der Waals surface area contributed by atoms with Gasteiger partial charge in [0.25, 0.3) is 5.91 Å². The Balaban J connectivity index is 1.94. The molecule has 0 radical (unpaired) electrons. The van der Waals surface area contributed by atoms with E-state index in [1.807, 2.05) is 19.9 Å². The molecule has 1 aliphatic heterocycles. The Kier molecular flexibility index (Phi) is 9.84. The highest BCUT2D eigenvalue weighted by Gasteiger charge is 2.28. The fourth-order valence-electron chi connectivity index (χ4n) is 4.44. The molecule has 3 rings (SSSR count). The minimum absolute atomic E-state index is 0.0783. The van der Waals surface area contributed by atoms with Crippen molar-refractivity contribution in [2.24, 2.45) is 5.92 Å². The Morgan fingerprint density at radius 1 is 1.19 bits per heavy atom. The molecule has 0 fully saturated rings. The summed E-state index contributed by atoms with van der Waals surface area (Å²) in [5.41, 5.74) is 1.61. The first kappa shape index (κ1) is 27.6. The van der Waals surface area contributed by atoms with Crippen LogP contribution in [0, 0.1) is 11.7 Å². The van der Waals surface area contributed by atoms with Crippen LogP contribution < -0.4 is 10.1 Å². The van der Waals surface area contributed by atoms with E-state index in [9.17, 15) is 14.0 Å². The number of carbonyl (C=O) groups excluding carboxylic acids is 2. The molecule has 3 atom stereocenters. The van der Waals surface area contributed by atoms with Crippen LogP contribution in [0.15, 0.2) is 42.5 Å². The summed E-state index contributed by atoms with van der Waals surface area (Å²) >= 11 is 0. The summed E-state index contributed by atoms with van der Waals surface area (Å²) in [6, 6.07) is 11.8. The minimum atomic E-state index is -0.240. The Hall–Kier alpha value is -2.97. The zero-order chi connectivity index (χ0) is 26.2. The fraction of sp³-hybridized carbons (Fsp3) is 0.500. The SMILES string of the molecule is CCCC(=O)Nc1ccc2c(c1)OC[C@@H](C)N(Cc1ccccc1F)C[C@@H](C)[C@@H](OC)CN(C)C2=O. The van der Waals surface area contributed by atoms with Crippen molar-refractivity contribution in [3.05, 3.63) is 59.4 Å². The van der Waals surface area contributed by atoms with E-state index in [4.69, 9.17) is 9.47 Å². The maximum Gasteiger partial charge on any atom is 0.257 e. The van der Waals surface area contributed by atoms with Gasteiger partial charge in [-0.25, -0.2) is 4.39 Å². The van der Waals surface area contributed by atoms with Crippen molar-refractivity contribution in [2.75, 3.05) is 39.2 Å². The zero-order valence-electron chi connectivity index (χ0n) is 21.9. The molecule has 0 aromatic heterocycles. The number of rotatable bonds is 6. The van der Waals surface area contributed by atoms with Crippen LogP contribution in [-0.2, 0) is 16.1 Å². The lowest BCUT2D eigenvalue weighted by Crippen LogP contribution is -2.46. The molecule has 2 amide bonds. The van der Waals surface area contributed by atoms with Crippen molar-refractivity contribution in [1.29, 1.82) is 0 Å². The van der Waals surface area contributed by atoms with Crippen molar-refractivity contribution < 1.29 is 23.5 Å². The number of hydrogen-bond acceptors (Lipinski definition) is 5. The van der Waals surface area contributed by atoms with Crippen LogP contribution in [0.5, 0.6) is 5.75 Å². The van der Waals surface area contributed by atoms with E-state index in [1.165, 1.54) is 6.07 Å². The molecule has 0 aliphatic carbocycles. The minimum Gasteiger partial charge on any atom is -0.491 e. The number of carbonyl (C=O) groups is 2. The maximum atomic E-state index is 14.5. The molecule has 7 nitrogen and oxygen atoms in total. The quantitative estimate of drug-likeness (QED) is 0.631. The number of likely N-dealkylation sites (N-methyl/N-ethyl adjacent to an activating group) is 1. The second kappa shape index (κ2) is 12.8. The lowest BCUT2D eigenvalue weighted by molar-refractivity contribution is -0.116. The second-order valence-corrected chi connectivity index (χ2v) is 9.63. The summed E-state index contributed by atoms with van der Waals surface area (Å²) in [4.78, 5) is 29.3. The van der Waals surface area contributed by atoms with Gasteiger partial charge in [0.2, 0.25) is 5.91 Å². The van der Waals surface area contributed by atoms with E-state index >= 15 is 0 Å². The third-order valence-electron chi connectivity index (χ3n) is 6.67. The highest BCUT2D eigenvalue weighted by atomic mass is 19.1. The van der Waals surface area contributed by atoms with E-state index in [0.717, 1.165) is 6.42 Å². The van der Waals surface area contributed by atoms with Gasteiger partial charge in [-0.1, -0.05) is 32.0 Å². The number of nitrogens with zero attached hydrogens (tertiary/aromatic N) is 2.